The van der Waals surface area contributed by atoms with Crippen molar-refractivity contribution in [1.82, 2.24) is 25.4 Å². The summed E-state index contributed by atoms with van der Waals surface area (Å²) in [5, 5.41) is 11.8. The van der Waals surface area contributed by atoms with E-state index in [0.29, 0.717) is 18.2 Å². The molecule has 0 bridgehead atoms. The molecule has 0 aliphatic carbocycles. The van der Waals surface area contributed by atoms with Gasteiger partial charge < -0.3 is 5.32 Å². The first-order valence-electron chi connectivity index (χ1n) is 9.29. The van der Waals surface area contributed by atoms with E-state index in [1.165, 1.54) is 0 Å². The monoisotopic (exact) mass is 384 g/mol. The van der Waals surface area contributed by atoms with Crippen LogP contribution in [0.3, 0.4) is 0 Å². The maximum absolute atomic E-state index is 12.5. The van der Waals surface area contributed by atoms with E-state index in [0.717, 1.165) is 16.9 Å². The SMILES string of the molecule is CC(C)Cc1nc(NC(=O)CC2NC(=O)N(CCc3ccccc3)C2=O)n[nH]1. The molecular formula is C19H24N6O3. The number of carbonyl (C=O) groups excluding carboxylic acids is 3. The Bertz CT molecular complexity index is 848. The number of aromatic nitrogens is 3. The summed E-state index contributed by atoms with van der Waals surface area (Å²) in [5.74, 6) is 0.427. The fraction of sp³-hybridized carbons (Fsp3) is 0.421. The van der Waals surface area contributed by atoms with Crippen molar-refractivity contribution in [2.24, 2.45) is 5.92 Å². The second-order valence-corrected chi connectivity index (χ2v) is 7.18. The molecule has 28 heavy (non-hydrogen) atoms. The fourth-order valence-electron chi connectivity index (χ4n) is 3.00. The van der Waals surface area contributed by atoms with Crippen molar-refractivity contribution in [3.8, 4) is 0 Å². The van der Waals surface area contributed by atoms with Crippen molar-refractivity contribution in [3.63, 3.8) is 0 Å². The van der Waals surface area contributed by atoms with E-state index in [4.69, 9.17) is 0 Å². The molecule has 0 radical (unpaired) electrons. The summed E-state index contributed by atoms with van der Waals surface area (Å²) in [6, 6.07) is 8.25. The number of hydrogen-bond donors (Lipinski definition) is 3. The van der Waals surface area contributed by atoms with Crippen molar-refractivity contribution < 1.29 is 14.4 Å². The molecule has 0 saturated carbocycles. The van der Waals surface area contributed by atoms with Crippen LogP contribution < -0.4 is 10.6 Å². The van der Waals surface area contributed by atoms with Crippen molar-refractivity contribution in [2.45, 2.75) is 39.2 Å². The van der Waals surface area contributed by atoms with Crippen LogP contribution in [0.2, 0.25) is 0 Å². The average molecular weight is 384 g/mol. The molecule has 9 nitrogen and oxygen atoms in total. The lowest BCUT2D eigenvalue weighted by atomic mass is 10.1. The number of nitrogens with one attached hydrogen (secondary N) is 3. The smallest absolute Gasteiger partial charge is 0.324 e. The number of rotatable bonds is 8. The third-order valence-corrected chi connectivity index (χ3v) is 4.35. The number of hydrogen-bond acceptors (Lipinski definition) is 5. The second kappa shape index (κ2) is 8.64. The number of nitrogens with zero attached hydrogens (tertiary/aromatic N) is 3. The topological polar surface area (TPSA) is 120 Å². The Hall–Kier alpha value is -3.23. The van der Waals surface area contributed by atoms with Gasteiger partial charge in [-0.15, -0.1) is 5.10 Å². The zero-order valence-electron chi connectivity index (χ0n) is 15.9. The highest BCUT2D eigenvalue weighted by Crippen LogP contribution is 2.12. The first kappa shape index (κ1) is 19.5. The Morgan fingerprint density at radius 1 is 1.25 bits per heavy atom. The van der Waals surface area contributed by atoms with Gasteiger partial charge in [-0.2, -0.15) is 4.98 Å². The van der Waals surface area contributed by atoms with Gasteiger partial charge >= 0.3 is 6.03 Å². The zero-order valence-corrected chi connectivity index (χ0v) is 15.9. The second-order valence-electron chi connectivity index (χ2n) is 7.18. The zero-order chi connectivity index (χ0) is 20.1. The summed E-state index contributed by atoms with van der Waals surface area (Å²) < 4.78 is 0. The standard InChI is InChI=1S/C19H24N6O3/c1-12(2)10-15-21-18(24-23-15)22-16(26)11-14-17(27)25(19(28)20-14)9-8-13-6-4-3-5-7-13/h3-7,12,14H,8-11H2,1-2H3,(H,20,28)(H2,21,22,23,24,26). The van der Waals surface area contributed by atoms with Crippen LogP contribution in [0.15, 0.2) is 30.3 Å². The number of amides is 4. The van der Waals surface area contributed by atoms with Crippen LogP contribution in [0.5, 0.6) is 0 Å². The molecule has 1 saturated heterocycles. The van der Waals surface area contributed by atoms with Gasteiger partial charge in [0.25, 0.3) is 5.91 Å². The van der Waals surface area contributed by atoms with Crippen LogP contribution in [-0.2, 0) is 22.4 Å². The molecule has 1 aromatic carbocycles. The molecule has 4 amide bonds. The van der Waals surface area contributed by atoms with Crippen LogP contribution in [0.4, 0.5) is 10.7 Å². The van der Waals surface area contributed by atoms with Gasteiger partial charge in [-0.3, -0.25) is 24.9 Å². The predicted octanol–water partition coefficient (Wildman–Crippen LogP) is 1.49. The summed E-state index contributed by atoms with van der Waals surface area (Å²) >= 11 is 0. The van der Waals surface area contributed by atoms with E-state index in [1.807, 2.05) is 30.3 Å². The predicted molar refractivity (Wildman–Crippen MR) is 102 cm³/mol. The number of urea groups is 1. The fourth-order valence-corrected chi connectivity index (χ4v) is 3.00. The highest BCUT2D eigenvalue weighted by molar-refractivity contribution is 6.06. The molecule has 0 spiro atoms. The van der Waals surface area contributed by atoms with Gasteiger partial charge in [0.05, 0.1) is 6.42 Å². The number of carbonyl (C=O) groups is 3. The lowest BCUT2D eigenvalue weighted by Crippen LogP contribution is -2.35. The van der Waals surface area contributed by atoms with Gasteiger partial charge in [0.1, 0.15) is 11.9 Å². The normalized spacial score (nSPS) is 16.5. The minimum Gasteiger partial charge on any atom is -0.325 e. The number of benzene rings is 1. The quantitative estimate of drug-likeness (QED) is 0.596. The molecule has 1 unspecified atom stereocenters. The molecule has 2 heterocycles. The summed E-state index contributed by atoms with van der Waals surface area (Å²) in [4.78, 5) is 42.1. The Labute approximate surface area is 162 Å². The van der Waals surface area contributed by atoms with Crippen molar-refractivity contribution >= 4 is 23.8 Å². The van der Waals surface area contributed by atoms with Crippen LogP contribution in [0.1, 0.15) is 31.7 Å². The summed E-state index contributed by atoms with van der Waals surface area (Å²) in [7, 11) is 0. The van der Waals surface area contributed by atoms with Gasteiger partial charge in [-0.05, 0) is 17.9 Å². The average Bonchev–Trinajstić information content (AvgIpc) is 3.18. The minimum atomic E-state index is -0.877. The van der Waals surface area contributed by atoms with E-state index in [1.54, 1.807) is 0 Å². The largest absolute Gasteiger partial charge is 0.325 e. The number of H-pyrrole nitrogens is 1. The van der Waals surface area contributed by atoms with Gasteiger partial charge in [0.2, 0.25) is 11.9 Å². The molecule has 3 rings (SSSR count). The lowest BCUT2D eigenvalue weighted by Gasteiger charge is -2.12. The van der Waals surface area contributed by atoms with Crippen LogP contribution in [0.25, 0.3) is 0 Å². The molecule has 1 aromatic heterocycles. The molecule has 1 aliphatic heterocycles. The maximum Gasteiger partial charge on any atom is 0.324 e. The Morgan fingerprint density at radius 3 is 2.71 bits per heavy atom. The molecule has 1 atom stereocenters. The van der Waals surface area contributed by atoms with Crippen molar-refractivity contribution in [2.75, 3.05) is 11.9 Å². The van der Waals surface area contributed by atoms with E-state index in [-0.39, 0.29) is 18.9 Å². The lowest BCUT2D eigenvalue weighted by molar-refractivity contribution is -0.129. The molecule has 1 fully saturated rings. The van der Waals surface area contributed by atoms with Gasteiger partial charge in [0, 0.05) is 13.0 Å². The van der Waals surface area contributed by atoms with Crippen molar-refractivity contribution in [3.05, 3.63) is 41.7 Å². The molecule has 1 aliphatic rings. The van der Waals surface area contributed by atoms with Gasteiger partial charge in [-0.1, -0.05) is 44.2 Å². The first-order chi connectivity index (χ1) is 13.4. The van der Waals surface area contributed by atoms with E-state index in [9.17, 15) is 14.4 Å². The molecule has 9 heteroatoms. The number of aromatic amines is 1. The van der Waals surface area contributed by atoms with Gasteiger partial charge in [-0.25, -0.2) is 4.79 Å². The maximum atomic E-state index is 12.5. The Morgan fingerprint density at radius 2 is 2.00 bits per heavy atom. The first-order valence-corrected chi connectivity index (χ1v) is 9.29. The molecule has 2 aromatic rings. The highest BCUT2D eigenvalue weighted by Gasteiger charge is 2.38. The van der Waals surface area contributed by atoms with Gasteiger partial charge in [0.15, 0.2) is 0 Å². The van der Waals surface area contributed by atoms with E-state index >= 15 is 0 Å². The molecule has 3 N–H and O–H groups in total. The van der Waals surface area contributed by atoms with Crippen molar-refractivity contribution in [1.29, 1.82) is 0 Å². The Balaban J connectivity index is 1.51. The Kier molecular flexibility index (Phi) is 6.03. The minimum absolute atomic E-state index is 0.165. The molecular weight excluding hydrogens is 360 g/mol. The van der Waals surface area contributed by atoms with Crippen LogP contribution in [-0.4, -0.2) is 50.5 Å². The number of anilines is 1. The van der Waals surface area contributed by atoms with Crippen LogP contribution >= 0.6 is 0 Å². The van der Waals surface area contributed by atoms with E-state index in [2.05, 4.69) is 39.7 Å². The van der Waals surface area contributed by atoms with E-state index < -0.39 is 23.9 Å². The number of imide groups is 1. The highest BCUT2D eigenvalue weighted by atomic mass is 16.2. The summed E-state index contributed by atoms with van der Waals surface area (Å²) in [5.41, 5.74) is 1.03. The third kappa shape index (κ3) is 4.93. The summed E-state index contributed by atoms with van der Waals surface area (Å²) in [6.45, 7) is 4.38. The van der Waals surface area contributed by atoms with Crippen LogP contribution in [0, 0.1) is 5.92 Å². The summed E-state index contributed by atoms with van der Waals surface area (Å²) in [6.07, 6.45) is 1.12. The molecule has 148 valence electrons. The third-order valence-electron chi connectivity index (χ3n) is 4.35.